The Morgan fingerprint density at radius 1 is 1.00 bits per heavy atom. The van der Waals surface area contributed by atoms with Gasteiger partial charge >= 0.3 is 16.5 Å². The fourth-order valence-corrected chi connectivity index (χ4v) is 5.00. The van der Waals surface area contributed by atoms with Crippen LogP contribution in [0.2, 0.25) is 0 Å². The minimum absolute atomic E-state index is 0.373. The fourth-order valence-electron chi connectivity index (χ4n) is 2.76. The normalized spacial score (nSPS) is 32.7. The van der Waals surface area contributed by atoms with E-state index in [1.807, 2.05) is 39.6 Å². The summed E-state index contributed by atoms with van der Waals surface area (Å²) >= 11 is 0. The molecule has 0 aromatic carbocycles. The summed E-state index contributed by atoms with van der Waals surface area (Å²) in [4.78, 5) is 1.83. The van der Waals surface area contributed by atoms with Crippen LogP contribution in [0.5, 0.6) is 0 Å². The average Bonchev–Trinajstić information content (AvgIpc) is 2.39. The van der Waals surface area contributed by atoms with Crippen LogP contribution in [-0.2, 0) is 22.5 Å². The molecule has 0 amide bonds. The Balaban J connectivity index is 3.33. The summed E-state index contributed by atoms with van der Waals surface area (Å²) in [7, 11) is -3.77. The maximum atomic E-state index is 11.8. The number of rotatable bonds is 6. The maximum Gasteiger partial charge on any atom is 0.329 e. The van der Waals surface area contributed by atoms with Crippen molar-refractivity contribution < 1.29 is 22.5 Å². The second kappa shape index (κ2) is 6.84. The second-order valence-corrected chi connectivity index (χ2v) is 6.97. The molecule has 0 radical (unpaired) electrons. The smallest absolute Gasteiger partial charge is 0.263 e. The summed E-state index contributed by atoms with van der Waals surface area (Å²) in [6.45, 7) is 8.69. The van der Waals surface area contributed by atoms with Gasteiger partial charge in [0.15, 0.2) is 0 Å². The molecule has 0 aromatic heterocycles. The van der Waals surface area contributed by atoms with Crippen LogP contribution in [-0.4, -0.2) is 24.4 Å². The Morgan fingerprint density at radius 3 is 1.74 bits per heavy atom. The first-order chi connectivity index (χ1) is 8.91. The van der Waals surface area contributed by atoms with Gasteiger partial charge in [-0.1, -0.05) is 27.7 Å². The fraction of sp³-hybridized carbons (Fsp3) is 1.00. The molecule has 0 N–H and O–H groups in total. The van der Waals surface area contributed by atoms with Gasteiger partial charge in [0.25, 0.3) is 5.91 Å². The van der Waals surface area contributed by atoms with Crippen LogP contribution >= 0.6 is 16.5 Å². The van der Waals surface area contributed by atoms with E-state index in [9.17, 15) is 9.13 Å². The maximum absolute atomic E-state index is 11.8. The zero-order chi connectivity index (χ0) is 14.7. The van der Waals surface area contributed by atoms with Gasteiger partial charge in [0, 0.05) is 5.41 Å². The van der Waals surface area contributed by atoms with Crippen molar-refractivity contribution in [2.75, 3.05) is 13.6 Å². The highest BCUT2D eigenvalue weighted by molar-refractivity contribution is 7.48. The molecule has 0 bridgehead atoms. The van der Waals surface area contributed by atoms with Gasteiger partial charge in [-0.05, 0) is 32.9 Å². The zero-order valence-corrected chi connectivity index (χ0v) is 14.3. The Labute approximate surface area is 116 Å². The number of hydrogen-bond acceptors (Lipinski definition) is 6. The molecular weight excluding hydrogens is 288 g/mol. The van der Waals surface area contributed by atoms with E-state index in [0.717, 1.165) is 19.3 Å². The van der Waals surface area contributed by atoms with Crippen molar-refractivity contribution in [3.05, 3.63) is 0 Å². The number of nitrogens with zero attached hydrogens (tertiary/aromatic N) is 1. The molecule has 0 saturated carbocycles. The summed E-state index contributed by atoms with van der Waals surface area (Å²) in [5, 5.41) is 0. The second-order valence-electron chi connectivity index (χ2n) is 4.74. The average molecular weight is 313 g/mol. The van der Waals surface area contributed by atoms with E-state index in [1.54, 1.807) is 0 Å². The van der Waals surface area contributed by atoms with Crippen LogP contribution in [0.3, 0.4) is 0 Å². The molecule has 114 valence electrons. The van der Waals surface area contributed by atoms with Gasteiger partial charge in [0.05, 0.1) is 0 Å². The van der Waals surface area contributed by atoms with E-state index in [2.05, 4.69) is 4.31 Å². The SMILES string of the molecule is CCN(C)C1(C(CC)(CC)CC)O[PH](=O)O[PH](=O)O1. The minimum Gasteiger partial charge on any atom is -0.263 e. The van der Waals surface area contributed by atoms with Gasteiger partial charge in [-0.25, -0.2) is 4.31 Å². The monoisotopic (exact) mass is 313 g/mol. The predicted octanol–water partition coefficient (Wildman–Crippen LogP) is 3.65. The summed E-state index contributed by atoms with van der Waals surface area (Å²) in [6, 6.07) is 0. The largest absolute Gasteiger partial charge is 0.329 e. The van der Waals surface area contributed by atoms with Gasteiger partial charge in [-0.15, -0.1) is 0 Å². The van der Waals surface area contributed by atoms with Crippen molar-refractivity contribution in [1.29, 1.82) is 0 Å². The van der Waals surface area contributed by atoms with Crippen LogP contribution in [0.4, 0.5) is 0 Å². The molecule has 2 unspecified atom stereocenters. The number of hydrogen-bond donors (Lipinski definition) is 0. The topological polar surface area (TPSA) is 65.1 Å². The van der Waals surface area contributed by atoms with Crippen molar-refractivity contribution in [2.24, 2.45) is 5.41 Å². The van der Waals surface area contributed by atoms with E-state index >= 15 is 0 Å². The van der Waals surface area contributed by atoms with Crippen LogP contribution < -0.4 is 0 Å². The van der Waals surface area contributed by atoms with Gasteiger partial charge in [0.1, 0.15) is 0 Å². The van der Waals surface area contributed by atoms with Crippen LogP contribution in [0.15, 0.2) is 0 Å². The van der Waals surface area contributed by atoms with Crippen LogP contribution in [0.1, 0.15) is 47.0 Å². The first-order valence-corrected chi connectivity index (χ1v) is 9.21. The van der Waals surface area contributed by atoms with E-state index in [4.69, 9.17) is 9.05 Å². The molecule has 0 aliphatic carbocycles. The lowest BCUT2D eigenvalue weighted by atomic mass is 9.75. The molecule has 1 fully saturated rings. The van der Waals surface area contributed by atoms with Gasteiger partial charge in [0.2, 0.25) is 0 Å². The molecule has 0 aromatic rings. The minimum atomic E-state index is -2.80. The zero-order valence-electron chi connectivity index (χ0n) is 12.3. The van der Waals surface area contributed by atoms with Crippen molar-refractivity contribution in [2.45, 2.75) is 52.9 Å². The molecule has 1 aliphatic rings. The third-order valence-electron chi connectivity index (χ3n) is 4.29. The lowest BCUT2D eigenvalue weighted by molar-refractivity contribution is -0.298. The van der Waals surface area contributed by atoms with Crippen molar-refractivity contribution in [1.82, 2.24) is 4.90 Å². The lowest BCUT2D eigenvalue weighted by Gasteiger charge is -2.53. The highest BCUT2D eigenvalue weighted by Gasteiger charge is 2.57. The molecule has 2 atom stereocenters. The Hall–Kier alpha value is 0.300. The van der Waals surface area contributed by atoms with Crippen LogP contribution in [0, 0.1) is 5.41 Å². The third kappa shape index (κ3) is 2.99. The quantitative estimate of drug-likeness (QED) is 0.697. The summed E-state index contributed by atoms with van der Waals surface area (Å²) in [5.41, 5.74) is -0.373. The Kier molecular flexibility index (Phi) is 6.25. The summed E-state index contributed by atoms with van der Waals surface area (Å²) in [5.74, 6) is -1.23. The van der Waals surface area contributed by atoms with E-state index in [0.29, 0.717) is 6.54 Å². The van der Waals surface area contributed by atoms with Gasteiger partial charge in [-0.2, -0.15) is 0 Å². The van der Waals surface area contributed by atoms with Crippen molar-refractivity contribution >= 4 is 16.5 Å². The highest BCUT2D eigenvalue weighted by atomic mass is 31.2. The molecule has 1 rings (SSSR count). The lowest BCUT2D eigenvalue weighted by Crippen LogP contribution is -2.61. The molecule has 8 heteroatoms. The standard InChI is InChI=1S/C11H25NO5P2/c1-6-10(7-2,8-3)11(12(5)9-4)15-18(13)17-19(14)16-11/h18-19H,6-9H2,1-5H3. The highest BCUT2D eigenvalue weighted by Crippen LogP contribution is 2.60. The Morgan fingerprint density at radius 2 is 1.42 bits per heavy atom. The van der Waals surface area contributed by atoms with E-state index < -0.39 is 22.4 Å². The summed E-state index contributed by atoms with van der Waals surface area (Å²) < 4.78 is 39.4. The van der Waals surface area contributed by atoms with Gasteiger partial charge in [-0.3, -0.25) is 23.1 Å². The van der Waals surface area contributed by atoms with Gasteiger partial charge < -0.3 is 0 Å². The first kappa shape index (κ1) is 17.4. The summed E-state index contributed by atoms with van der Waals surface area (Å²) in [6.07, 6.45) is 2.32. The molecule has 1 heterocycles. The Bertz CT molecular complexity index is 335. The molecular formula is C11H25NO5P2. The van der Waals surface area contributed by atoms with E-state index in [-0.39, 0.29) is 5.41 Å². The molecule has 0 spiro atoms. The molecule has 19 heavy (non-hydrogen) atoms. The van der Waals surface area contributed by atoms with Crippen LogP contribution in [0.25, 0.3) is 0 Å². The van der Waals surface area contributed by atoms with E-state index in [1.165, 1.54) is 0 Å². The predicted molar refractivity (Wildman–Crippen MR) is 75.6 cm³/mol. The molecule has 6 nitrogen and oxygen atoms in total. The van der Waals surface area contributed by atoms with Crippen molar-refractivity contribution in [3.8, 4) is 0 Å². The molecule has 1 aliphatic heterocycles. The third-order valence-corrected chi connectivity index (χ3v) is 6.51. The first-order valence-electron chi connectivity index (χ1n) is 6.76. The molecule has 1 saturated heterocycles. The van der Waals surface area contributed by atoms with Crippen molar-refractivity contribution in [3.63, 3.8) is 0 Å².